The van der Waals surface area contributed by atoms with E-state index in [0.717, 1.165) is 5.82 Å². The lowest BCUT2D eigenvalue weighted by Gasteiger charge is -1.85. The van der Waals surface area contributed by atoms with Crippen molar-refractivity contribution in [2.75, 3.05) is 0 Å². The Labute approximate surface area is 78.8 Å². The highest BCUT2D eigenvalue weighted by Crippen LogP contribution is 1.70. The topological polar surface area (TPSA) is 170 Å². The van der Waals surface area contributed by atoms with Gasteiger partial charge in [0.05, 0.1) is 0 Å². The summed E-state index contributed by atoms with van der Waals surface area (Å²) in [4.78, 5) is 23.9. The summed E-state index contributed by atoms with van der Waals surface area (Å²) in [7, 11) is 0. The predicted octanol–water partition coefficient (Wildman–Crippen LogP) is -3.69. The Bertz CT molecular complexity index is 245. The Balaban J connectivity index is -0.000000151. The van der Waals surface area contributed by atoms with Crippen LogP contribution < -0.4 is 10.1 Å². The molecule has 0 aliphatic heterocycles. The number of aliphatic carboxylic acids is 2. The van der Waals surface area contributed by atoms with Crippen LogP contribution in [0.1, 0.15) is 5.82 Å². The summed E-state index contributed by atoms with van der Waals surface area (Å²) in [5, 5.41) is 16.3. The lowest BCUT2D eigenvalue weighted by atomic mass is 10.7. The van der Waals surface area contributed by atoms with E-state index in [1.165, 1.54) is 0 Å². The van der Waals surface area contributed by atoms with Crippen molar-refractivity contribution < 1.29 is 35.7 Å². The summed E-state index contributed by atoms with van der Waals surface area (Å²) in [6.45, 7) is 1.97. The molecule has 14 heavy (non-hydrogen) atoms. The standard InChI is InChI=1S/C4H6N2.C2H2O4.2H2O/c1-4-5-2-3-6-4;3-1(4)2(5)6;;/h2-3H,1H3,(H,5,6);(H,3,4)(H,5,6);2*1H2. The van der Waals surface area contributed by atoms with E-state index < -0.39 is 11.9 Å². The normalized spacial score (nSPS) is 6.93. The first-order chi connectivity index (χ1) is 5.54. The Morgan fingerprint density at radius 3 is 2.00 bits per heavy atom. The van der Waals surface area contributed by atoms with Gasteiger partial charge in [0, 0.05) is 6.92 Å². The maximum Gasteiger partial charge on any atom is 0.351 e. The van der Waals surface area contributed by atoms with Gasteiger partial charge in [0.25, 0.3) is 0 Å². The fraction of sp³-hybridized carbons (Fsp3) is 0.167. The molecule has 0 spiro atoms. The van der Waals surface area contributed by atoms with Crippen LogP contribution in [0.25, 0.3) is 0 Å². The molecule has 8 heteroatoms. The van der Waals surface area contributed by atoms with Gasteiger partial charge in [-0.15, -0.1) is 0 Å². The molecule has 0 aromatic carbocycles. The fourth-order valence-corrected chi connectivity index (χ4v) is 0.375. The van der Waals surface area contributed by atoms with Gasteiger partial charge in [-0.1, -0.05) is 0 Å². The fourth-order valence-electron chi connectivity index (χ4n) is 0.375. The van der Waals surface area contributed by atoms with Crippen molar-refractivity contribution in [2.24, 2.45) is 0 Å². The maximum absolute atomic E-state index is 9.04. The molecule has 1 rings (SSSR count). The molecule has 0 saturated heterocycles. The second kappa shape index (κ2) is 9.16. The molecule has 0 unspecified atom stereocenters. The number of imidazole rings is 1. The zero-order valence-electron chi connectivity index (χ0n) is 7.33. The number of carbonyl (C=O) groups is 2. The number of aromatic nitrogens is 2. The third kappa shape index (κ3) is 10.1. The van der Waals surface area contributed by atoms with E-state index in [1.807, 2.05) is 19.3 Å². The van der Waals surface area contributed by atoms with Crippen LogP contribution in [0.2, 0.25) is 0 Å². The predicted molar refractivity (Wildman–Crippen MR) is 42.0 cm³/mol. The van der Waals surface area contributed by atoms with Crippen molar-refractivity contribution in [3.63, 3.8) is 0 Å². The molecule has 0 amide bonds. The van der Waals surface area contributed by atoms with E-state index in [0.29, 0.717) is 0 Å². The molecule has 1 aromatic heterocycles. The van der Waals surface area contributed by atoms with Crippen LogP contribution >= 0.6 is 0 Å². The van der Waals surface area contributed by atoms with Crippen LogP contribution in [0.3, 0.4) is 0 Å². The van der Waals surface area contributed by atoms with Crippen molar-refractivity contribution in [3.05, 3.63) is 18.2 Å². The monoisotopic (exact) mass is 208 g/mol. The van der Waals surface area contributed by atoms with Crippen LogP contribution in [-0.4, -0.2) is 33.0 Å². The summed E-state index contributed by atoms with van der Waals surface area (Å²) >= 11 is 0. The van der Waals surface area contributed by atoms with Gasteiger partial charge < -0.3 is 26.0 Å². The van der Waals surface area contributed by atoms with E-state index in [-0.39, 0.29) is 11.0 Å². The van der Waals surface area contributed by atoms with E-state index in [1.54, 1.807) is 0 Å². The van der Waals surface area contributed by atoms with E-state index >= 15 is 0 Å². The summed E-state index contributed by atoms with van der Waals surface area (Å²) in [5.41, 5.74) is 0. The van der Waals surface area contributed by atoms with Crippen molar-refractivity contribution in [1.82, 2.24) is 4.98 Å². The van der Waals surface area contributed by atoms with Crippen molar-refractivity contribution >= 4 is 11.9 Å². The number of aromatic amines is 2. The second-order valence-electron chi connectivity index (χ2n) is 1.84. The molecular formula is C6H12N2O6. The third-order valence-electron chi connectivity index (χ3n) is 0.858. The van der Waals surface area contributed by atoms with Gasteiger partial charge in [-0.3, -0.25) is 0 Å². The smallest absolute Gasteiger partial charge is 0.351 e. The van der Waals surface area contributed by atoms with E-state index in [4.69, 9.17) is 19.8 Å². The number of H-pyrrole nitrogens is 2. The summed E-state index contributed by atoms with van der Waals surface area (Å²) in [5.74, 6) is -2.92. The first-order valence-corrected chi connectivity index (χ1v) is 3.00. The Morgan fingerprint density at radius 2 is 1.93 bits per heavy atom. The molecule has 8 nitrogen and oxygen atoms in total. The molecule has 0 radical (unpaired) electrons. The molecule has 0 fully saturated rings. The van der Waals surface area contributed by atoms with Gasteiger partial charge in [-0.25, -0.2) is 14.8 Å². The molecular weight excluding hydrogens is 196 g/mol. The first kappa shape index (κ1) is 18.0. The van der Waals surface area contributed by atoms with Crippen LogP contribution in [0.15, 0.2) is 12.4 Å². The Morgan fingerprint density at radius 1 is 1.50 bits per heavy atom. The van der Waals surface area contributed by atoms with Crippen LogP contribution in [0.5, 0.6) is 0 Å². The zero-order valence-corrected chi connectivity index (χ0v) is 7.33. The van der Waals surface area contributed by atoms with Gasteiger partial charge >= 0.3 is 5.97 Å². The molecule has 1 heterocycles. The largest absolute Gasteiger partial charge is 0.539 e. The van der Waals surface area contributed by atoms with E-state index in [2.05, 4.69) is 9.97 Å². The highest BCUT2D eigenvalue weighted by atomic mass is 16.4. The Hall–Kier alpha value is -1.93. The van der Waals surface area contributed by atoms with Crippen molar-refractivity contribution in [2.45, 2.75) is 6.92 Å². The average molecular weight is 208 g/mol. The Kier molecular flexibility index (Phi) is 11.8. The lowest BCUT2D eigenvalue weighted by molar-refractivity contribution is -0.385. The molecule has 0 saturated carbocycles. The summed E-state index contributed by atoms with van der Waals surface area (Å²) in [6.07, 6.45) is 3.71. The van der Waals surface area contributed by atoms with Gasteiger partial charge in [0.2, 0.25) is 5.82 Å². The van der Waals surface area contributed by atoms with Crippen LogP contribution in [-0.2, 0) is 9.59 Å². The van der Waals surface area contributed by atoms with Gasteiger partial charge in [-0.2, -0.15) is 0 Å². The molecule has 0 atom stereocenters. The van der Waals surface area contributed by atoms with Gasteiger partial charge in [0.1, 0.15) is 12.4 Å². The lowest BCUT2D eigenvalue weighted by Crippen LogP contribution is -2.30. The number of rotatable bonds is 0. The minimum absolute atomic E-state index is 0. The molecule has 0 aliphatic rings. The number of nitrogens with one attached hydrogen (secondary N) is 2. The van der Waals surface area contributed by atoms with Crippen LogP contribution in [0.4, 0.5) is 0 Å². The summed E-state index contributed by atoms with van der Waals surface area (Å²) in [6, 6.07) is 0. The van der Waals surface area contributed by atoms with Gasteiger partial charge in [0.15, 0.2) is 5.97 Å². The number of hydrogen-bond donors (Lipinski definition) is 2. The zero-order chi connectivity index (χ0) is 9.56. The van der Waals surface area contributed by atoms with Crippen molar-refractivity contribution in [1.29, 1.82) is 0 Å². The average Bonchev–Trinajstić information content (AvgIpc) is 2.40. The van der Waals surface area contributed by atoms with E-state index in [9.17, 15) is 0 Å². The van der Waals surface area contributed by atoms with Crippen molar-refractivity contribution in [3.8, 4) is 0 Å². The molecule has 82 valence electrons. The number of hydrogen-bond acceptors (Lipinski definition) is 3. The van der Waals surface area contributed by atoms with Crippen LogP contribution in [0, 0.1) is 6.92 Å². The number of carboxylic acid groups (broad SMARTS) is 2. The molecule has 0 bridgehead atoms. The number of carboxylic acids is 2. The highest BCUT2D eigenvalue weighted by molar-refractivity contribution is 6.26. The molecule has 0 aliphatic carbocycles. The quantitative estimate of drug-likeness (QED) is 0.418. The first-order valence-electron chi connectivity index (χ1n) is 3.00. The maximum atomic E-state index is 9.04. The molecule has 1 aromatic rings. The minimum atomic E-state index is -2.07. The second-order valence-corrected chi connectivity index (χ2v) is 1.84. The number of carbonyl (C=O) groups excluding carboxylic acids is 1. The van der Waals surface area contributed by atoms with Gasteiger partial charge in [-0.05, 0) is 0 Å². The number of aryl methyl sites for hydroxylation is 1. The highest BCUT2D eigenvalue weighted by Gasteiger charge is 1.90. The molecule has 7 N–H and O–H groups in total. The third-order valence-corrected chi connectivity index (χ3v) is 0.858. The SMILES string of the molecule is Cc1[nH]cc[nH+]1.O.O.O=C([O-])C(=O)O. The summed E-state index contributed by atoms with van der Waals surface area (Å²) < 4.78 is 0. The minimum Gasteiger partial charge on any atom is -0.539 e.